The largest absolute Gasteiger partial charge is 2.00 e. The predicted molar refractivity (Wildman–Crippen MR) is 61.8 cm³/mol. The average Bonchev–Trinajstić information content (AvgIpc) is 2.10. The molecule has 8 heteroatoms. The number of quaternary nitrogens is 1. The van der Waals surface area contributed by atoms with Gasteiger partial charge in [-0.15, -0.1) is 0 Å². The summed E-state index contributed by atoms with van der Waals surface area (Å²) in [6.07, 6.45) is 0.287. The zero-order valence-electron chi connectivity index (χ0n) is 11.3. The van der Waals surface area contributed by atoms with E-state index in [1.807, 2.05) is 21.1 Å². The summed E-state index contributed by atoms with van der Waals surface area (Å²) in [6.45, 7) is 0.318. The first kappa shape index (κ1) is 20.1. The third kappa shape index (κ3) is 13.0. The molecule has 0 heterocycles. The molecule has 0 aromatic heterocycles. The van der Waals surface area contributed by atoms with Gasteiger partial charge in [-0.2, -0.15) is 0 Å². The third-order valence-electron chi connectivity index (χ3n) is 1.80. The molecule has 0 aromatic rings. The molecule has 0 fully saturated rings. The molecule has 0 spiro atoms. The number of carboxylic acid groups (broad SMARTS) is 2. The fraction of sp³-hybridized carbons (Fsp3) is 0.545. The summed E-state index contributed by atoms with van der Waals surface area (Å²) in [4.78, 5) is 32.1. The van der Waals surface area contributed by atoms with Crippen LogP contribution < -0.4 is 0 Å². The van der Waals surface area contributed by atoms with Gasteiger partial charge in [-0.25, -0.2) is 9.59 Å². The maximum absolute atomic E-state index is 11.3. The number of hydrogen-bond acceptors (Lipinski definition) is 4. The normalized spacial score (nSPS) is 12.6. The first-order valence-corrected chi connectivity index (χ1v) is 5.24. The third-order valence-corrected chi connectivity index (χ3v) is 1.80. The number of nitrogens with zero attached hydrogens (tertiary/aromatic N) is 1. The smallest absolute Gasteiger partial charge is 0.481 e. The van der Waals surface area contributed by atoms with Crippen LogP contribution in [-0.2, 0) is 38.6 Å². The number of ether oxygens (including phenoxy) is 1. The Bertz CT molecular complexity index is 361. The molecule has 0 rings (SSSR count). The molecule has 0 saturated heterocycles. The number of carbonyl (C=O) groups excluding carboxylic acids is 1. The van der Waals surface area contributed by atoms with Gasteiger partial charge in [0.1, 0.15) is 6.54 Å². The van der Waals surface area contributed by atoms with Crippen molar-refractivity contribution in [3.8, 4) is 0 Å². The van der Waals surface area contributed by atoms with Gasteiger partial charge in [0, 0.05) is 12.2 Å². The quantitative estimate of drug-likeness (QED) is 0.289. The molecule has 2 N–H and O–H groups in total. The zero-order valence-corrected chi connectivity index (χ0v) is 14.3. The minimum atomic E-state index is -1.27. The van der Waals surface area contributed by atoms with Gasteiger partial charge in [-0.1, -0.05) is 0 Å². The molecule has 1 unspecified atom stereocenters. The van der Waals surface area contributed by atoms with E-state index < -0.39 is 24.0 Å². The number of carboxylic acids is 2. The van der Waals surface area contributed by atoms with Crippen LogP contribution in [0.3, 0.4) is 0 Å². The van der Waals surface area contributed by atoms with Crippen molar-refractivity contribution in [3.63, 3.8) is 0 Å². The molecule has 0 amide bonds. The first-order valence-electron chi connectivity index (χ1n) is 5.24. The second-order valence-electron chi connectivity index (χ2n) is 4.80. The summed E-state index contributed by atoms with van der Waals surface area (Å²) >= 11 is 0. The van der Waals surface area contributed by atoms with Gasteiger partial charge in [0.25, 0.3) is 0 Å². The molecule has 0 saturated carbocycles. The summed E-state index contributed by atoms with van der Waals surface area (Å²) in [5.41, 5.74) is 0. The monoisotopic (exact) mass is 324 g/mol. The van der Waals surface area contributed by atoms with E-state index in [2.05, 4.69) is 0 Å². The number of likely N-dealkylation sites (N-methyl/N-ethyl adjacent to an activating group) is 1. The second kappa shape index (κ2) is 8.77. The van der Waals surface area contributed by atoms with Crippen LogP contribution in [0, 0.1) is 0 Å². The molecule has 19 heavy (non-hydrogen) atoms. The number of aliphatic carboxylic acids is 2. The van der Waals surface area contributed by atoms with Gasteiger partial charge in [0.05, 0.1) is 27.6 Å². The van der Waals surface area contributed by atoms with Crippen LogP contribution >= 0.6 is 0 Å². The van der Waals surface area contributed by atoms with Gasteiger partial charge in [0.15, 0.2) is 6.10 Å². The van der Waals surface area contributed by atoms with E-state index in [4.69, 9.17) is 14.9 Å². The SMILES string of the molecule is C[N+](C)(C)CC(CC(=O)O)OC(=O)/C=C/C(=O)O.[Zn+2]. The molecule has 0 aliphatic rings. The Hall–Kier alpha value is -1.27. The molecule has 0 aromatic carbocycles. The Morgan fingerprint density at radius 1 is 1.16 bits per heavy atom. The first-order chi connectivity index (χ1) is 8.10. The fourth-order valence-electron chi connectivity index (χ4n) is 1.29. The Morgan fingerprint density at radius 3 is 2.05 bits per heavy atom. The Labute approximate surface area is 124 Å². The van der Waals surface area contributed by atoms with Crippen LogP contribution in [0.1, 0.15) is 6.42 Å². The summed E-state index contributed by atoms with van der Waals surface area (Å²) in [5.74, 6) is -3.21. The topological polar surface area (TPSA) is 101 Å². The second-order valence-corrected chi connectivity index (χ2v) is 4.80. The molecule has 102 valence electrons. The minimum Gasteiger partial charge on any atom is -0.481 e. The molecule has 7 nitrogen and oxygen atoms in total. The number of rotatable bonds is 7. The molecule has 0 aliphatic heterocycles. The van der Waals surface area contributed by atoms with Crippen molar-refractivity contribution in [1.82, 2.24) is 0 Å². The minimum absolute atomic E-state index is 0. The van der Waals surface area contributed by atoms with Crippen LogP contribution in [-0.4, -0.2) is 66.4 Å². The van der Waals surface area contributed by atoms with E-state index in [1.165, 1.54) is 0 Å². The average molecular weight is 326 g/mol. The zero-order chi connectivity index (χ0) is 14.3. The van der Waals surface area contributed by atoms with E-state index in [0.717, 1.165) is 6.08 Å². The summed E-state index contributed by atoms with van der Waals surface area (Å²) < 4.78 is 5.33. The van der Waals surface area contributed by atoms with E-state index in [0.29, 0.717) is 17.1 Å². The van der Waals surface area contributed by atoms with Gasteiger partial charge >= 0.3 is 37.4 Å². The van der Waals surface area contributed by atoms with Crippen LogP contribution in [0.25, 0.3) is 0 Å². The summed E-state index contributed by atoms with van der Waals surface area (Å²) in [5, 5.41) is 17.0. The van der Waals surface area contributed by atoms with Crippen molar-refractivity contribution in [2.75, 3.05) is 27.7 Å². The van der Waals surface area contributed by atoms with Crippen LogP contribution in [0.2, 0.25) is 0 Å². The predicted octanol–water partition coefficient (Wildman–Crippen LogP) is -0.283. The van der Waals surface area contributed by atoms with Crippen LogP contribution in [0.5, 0.6) is 0 Å². The van der Waals surface area contributed by atoms with E-state index >= 15 is 0 Å². The van der Waals surface area contributed by atoms with E-state index in [1.54, 1.807) is 0 Å². The van der Waals surface area contributed by atoms with E-state index in [-0.39, 0.29) is 25.9 Å². The van der Waals surface area contributed by atoms with Crippen molar-refractivity contribution in [2.45, 2.75) is 12.5 Å². The maximum atomic E-state index is 11.3. The molecular formula is C11H18NO6Zn+3. The molecule has 0 radical (unpaired) electrons. The van der Waals surface area contributed by atoms with Crippen LogP contribution in [0.4, 0.5) is 0 Å². The van der Waals surface area contributed by atoms with E-state index in [9.17, 15) is 14.4 Å². The van der Waals surface area contributed by atoms with Crippen molar-refractivity contribution in [3.05, 3.63) is 12.2 Å². The van der Waals surface area contributed by atoms with Crippen LogP contribution in [0.15, 0.2) is 12.2 Å². The molecule has 1 atom stereocenters. The standard InChI is InChI=1S/C11H17NO6.Zn/c1-12(2,3)7-8(6-10(15)16)18-11(17)5-4-9(13)14;/h4-5,8H,6-7H2,1-3H3,(H-,13,14,15,16);/q;+2/p+1/b5-4+;. The Morgan fingerprint density at radius 2 is 1.68 bits per heavy atom. The van der Waals surface area contributed by atoms with Gasteiger partial charge in [-0.05, 0) is 0 Å². The molecule has 0 aliphatic carbocycles. The van der Waals surface area contributed by atoms with Crippen molar-refractivity contribution >= 4 is 17.9 Å². The van der Waals surface area contributed by atoms with Crippen molar-refractivity contribution < 1.29 is 53.3 Å². The number of hydrogen-bond donors (Lipinski definition) is 2. The summed E-state index contributed by atoms with van der Waals surface area (Å²) in [6, 6.07) is 0. The van der Waals surface area contributed by atoms with Crippen molar-refractivity contribution in [2.24, 2.45) is 0 Å². The fourth-order valence-corrected chi connectivity index (χ4v) is 1.29. The van der Waals surface area contributed by atoms with Gasteiger partial charge < -0.3 is 19.4 Å². The van der Waals surface area contributed by atoms with Crippen molar-refractivity contribution in [1.29, 1.82) is 0 Å². The van der Waals surface area contributed by atoms with Gasteiger partial charge in [0.2, 0.25) is 0 Å². The molecule has 0 bridgehead atoms. The maximum Gasteiger partial charge on any atom is 2.00 e. The van der Waals surface area contributed by atoms with Gasteiger partial charge in [-0.3, -0.25) is 4.79 Å². The summed E-state index contributed by atoms with van der Waals surface area (Å²) in [7, 11) is 5.49. The number of esters is 1. The Balaban J connectivity index is 0. The molecular weight excluding hydrogens is 308 g/mol. The Kier molecular flexibility index (Phi) is 9.26. The number of carbonyl (C=O) groups is 3.